The second-order valence-electron chi connectivity index (χ2n) is 6.48. The first-order valence-corrected chi connectivity index (χ1v) is 7.85. The third-order valence-corrected chi connectivity index (χ3v) is 5.24. The summed E-state index contributed by atoms with van der Waals surface area (Å²) in [7, 11) is 1.74. The predicted octanol–water partition coefficient (Wildman–Crippen LogP) is 1.59. The molecule has 0 aromatic carbocycles. The molecule has 3 fully saturated rings. The molecule has 4 heteroatoms. The fraction of sp³-hybridized carbons (Fsp3) is 0.933. The van der Waals surface area contributed by atoms with Gasteiger partial charge in [-0.05, 0) is 44.4 Å². The Kier molecular flexibility index (Phi) is 4.08. The molecule has 2 aliphatic carbocycles. The number of fused-ring (bicyclic) bond motifs is 1. The van der Waals surface area contributed by atoms with Crippen LogP contribution in [0.5, 0.6) is 0 Å². The minimum Gasteiger partial charge on any atom is -0.381 e. The van der Waals surface area contributed by atoms with E-state index in [0.717, 1.165) is 25.2 Å². The highest BCUT2D eigenvalue weighted by atomic mass is 16.5. The highest BCUT2D eigenvalue weighted by Crippen LogP contribution is 2.32. The van der Waals surface area contributed by atoms with Crippen molar-refractivity contribution in [1.82, 2.24) is 10.6 Å². The first-order chi connectivity index (χ1) is 9.26. The minimum atomic E-state index is 0.0425. The fourth-order valence-electron chi connectivity index (χ4n) is 3.88. The van der Waals surface area contributed by atoms with E-state index in [9.17, 15) is 4.79 Å². The summed E-state index contributed by atoms with van der Waals surface area (Å²) in [6, 6.07) is 0.968. The normalized spacial score (nSPS) is 42.1. The van der Waals surface area contributed by atoms with Gasteiger partial charge in [-0.1, -0.05) is 12.8 Å². The van der Waals surface area contributed by atoms with Crippen LogP contribution in [0.2, 0.25) is 0 Å². The number of rotatable bonds is 3. The molecule has 2 saturated carbocycles. The molecule has 0 aromatic rings. The number of carbonyl (C=O) groups excluding carboxylic acids is 1. The van der Waals surface area contributed by atoms with Gasteiger partial charge in [-0.25, -0.2) is 0 Å². The Morgan fingerprint density at radius 3 is 2.74 bits per heavy atom. The number of ether oxygens (including phenoxy) is 1. The van der Waals surface area contributed by atoms with Crippen molar-refractivity contribution < 1.29 is 9.53 Å². The molecule has 1 aliphatic heterocycles. The zero-order valence-electron chi connectivity index (χ0n) is 11.9. The van der Waals surface area contributed by atoms with E-state index < -0.39 is 0 Å². The first kappa shape index (κ1) is 13.4. The Balaban J connectivity index is 1.45. The van der Waals surface area contributed by atoms with Crippen LogP contribution in [0.15, 0.2) is 0 Å². The van der Waals surface area contributed by atoms with E-state index in [1.165, 1.54) is 32.1 Å². The molecule has 4 nitrogen and oxygen atoms in total. The predicted molar refractivity (Wildman–Crippen MR) is 73.9 cm³/mol. The molecule has 3 aliphatic rings. The lowest BCUT2D eigenvalue weighted by molar-refractivity contribution is -0.126. The molecule has 3 unspecified atom stereocenters. The molecule has 0 aromatic heterocycles. The maximum atomic E-state index is 12.3. The molecular formula is C15H26N2O2. The van der Waals surface area contributed by atoms with E-state index in [4.69, 9.17) is 4.74 Å². The standard InChI is InChI=1S/C15H26N2O2/c1-19-12-8-11(9-12)16-15(18)14-7-6-10-4-2-3-5-13(10)17-14/h10-14,17H,2-9H2,1H3,(H,16,18). The Morgan fingerprint density at radius 2 is 1.95 bits per heavy atom. The van der Waals surface area contributed by atoms with Crippen LogP contribution >= 0.6 is 0 Å². The van der Waals surface area contributed by atoms with Gasteiger partial charge in [-0.3, -0.25) is 4.79 Å². The summed E-state index contributed by atoms with van der Waals surface area (Å²) in [6.07, 6.45) is 9.83. The number of carbonyl (C=O) groups is 1. The van der Waals surface area contributed by atoms with E-state index >= 15 is 0 Å². The molecule has 1 saturated heterocycles. The lowest BCUT2D eigenvalue weighted by atomic mass is 9.77. The van der Waals surface area contributed by atoms with Gasteiger partial charge in [0.15, 0.2) is 0 Å². The summed E-state index contributed by atoms with van der Waals surface area (Å²) in [6.45, 7) is 0. The number of piperidine rings is 1. The average molecular weight is 266 g/mol. The molecule has 108 valence electrons. The zero-order chi connectivity index (χ0) is 13.2. The Hall–Kier alpha value is -0.610. The highest BCUT2D eigenvalue weighted by molar-refractivity contribution is 5.82. The van der Waals surface area contributed by atoms with Crippen LogP contribution in [-0.4, -0.2) is 37.2 Å². The van der Waals surface area contributed by atoms with Gasteiger partial charge in [-0.2, -0.15) is 0 Å². The molecule has 1 amide bonds. The van der Waals surface area contributed by atoms with E-state index in [1.807, 2.05) is 0 Å². The molecule has 3 atom stereocenters. The topological polar surface area (TPSA) is 50.4 Å². The van der Waals surface area contributed by atoms with Crippen molar-refractivity contribution in [2.24, 2.45) is 5.92 Å². The van der Waals surface area contributed by atoms with Gasteiger partial charge in [0.05, 0.1) is 12.1 Å². The SMILES string of the molecule is COC1CC(NC(=O)C2CCC3CCCCC3N2)C1. The van der Waals surface area contributed by atoms with Gasteiger partial charge in [0.1, 0.15) is 0 Å². The average Bonchev–Trinajstić information content (AvgIpc) is 2.41. The molecular weight excluding hydrogens is 240 g/mol. The Bertz CT molecular complexity index is 328. The third-order valence-electron chi connectivity index (χ3n) is 5.24. The quantitative estimate of drug-likeness (QED) is 0.815. The summed E-state index contributed by atoms with van der Waals surface area (Å²) in [5.41, 5.74) is 0. The van der Waals surface area contributed by atoms with Crippen LogP contribution in [0.1, 0.15) is 51.4 Å². The van der Waals surface area contributed by atoms with Crippen LogP contribution in [-0.2, 0) is 9.53 Å². The van der Waals surface area contributed by atoms with E-state index in [-0.39, 0.29) is 11.9 Å². The second kappa shape index (κ2) is 5.80. The number of nitrogens with one attached hydrogen (secondary N) is 2. The minimum absolute atomic E-state index is 0.0425. The van der Waals surface area contributed by atoms with Gasteiger partial charge < -0.3 is 15.4 Å². The summed E-state index contributed by atoms with van der Waals surface area (Å²) in [4.78, 5) is 12.3. The largest absolute Gasteiger partial charge is 0.381 e. The van der Waals surface area contributed by atoms with E-state index in [2.05, 4.69) is 10.6 Å². The number of hydrogen-bond acceptors (Lipinski definition) is 3. The van der Waals surface area contributed by atoms with Crippen LogP contribution in [0.4, 0.5) is 0 Å². The van der Waals surface area contributed by atoms with Crippen molar-refractivity contribution in [3.05, 3.63) is 0 Å². The fourth-order valence-corrected chi connectivity index (χ4v) is 3.88. The summed E-state index contributed by atoms with van der Waals surface area (Å²) < 4.78 is 5.25. The Morgan fingerprint density at radius 1 is 1.16 bits per heavy atom. The molecule has 0 radical (unpaired) electrons. The summed E-state index contributed by atoms with van der Waals surface area (Å²) in [5.74, 6) is 1.03. The number of hydrogen-bond donors (Lipinski definition) is 2. The van der Waals surface area contributed by atoms with Crippen LogP contribution < -0.4 is 10.6 Å². The van der Waals surface area contributed by atoms with Crippen molar-refractivity contribution in [2.45, 2.75) is 75.6 Å². The monoisotopic (exact) mass is 266 g/mol. The van der Waals surface area contributed by atoms with Crippen LogP contribution in [0.25, 0.3) is 0 Å². The van der Waals surface area contributed by atoms with Crippen LogP contribution in [0.3, 0.4) is 0 Å². The van der Waals surface area contributed by atoms with E-state index in [0.29, 0.717) is 18.2 Å². The maximum Gasteiger partial charge on any atom is 0.237 e. The smallest absolute Gasteiger partial charge is 0.237 e. The lowest BCUT2D eigenvalue weighted by Gasteiger charge is -2.41. The molecule has 0 spiro atoms. The van der Waals surface area contributed by atoms with Crippen molar-refractivity contribution in [3.63, 3.8) is 0 Å². The third kappa shape index (κ3) is 2.95. The van der Waals surface area contributed by atoms with Crippen LogP contribution in [0, 0.1) is 5.92 Å². The molecule has 2 N–H and O–H groups in total. The van der Waals surface area contributed by atoms with E-state index in [1.54, 1.807) is 7.11 Å². The summed E-state index contributed by atoms with van der Waals surface area (Å²) >= 11 is 0. The molecule has 3 rings (SSSR count). The first-order valence-electron chi connectivity index (χ1n) is 7.85. The van der Waals surface area contributed by atoms with Crippen molar-refractivity contribution >= 4 is 5.91 Å². The molecule has 19 heavy (non-hydrogen) atoms. The second-order valence-corrected chi connectivity index (χ2v) is 6.48. The van der Waals surface area contributed by atoms with Crippen molar-refractivity contribution in [2.75, 3.05) is 7.11 Å². The number of amides is 1. The number of methoxy groups -OCH3 is 1. The maximum absolute atomic E-state index is 12.3. The highest BCUT2D eigenvalue weighted by Gasteiger charge is 2.36. The van der Waals surface area contributed by atoms with Crippen molar-refractivity contribution in [3.8, 4) is 0 Å². The van der Waals surface area contributed by atoms with Gasteiger partial charge in [-0.15, -0.1) is 0 Å². The molecule has 0 bridgehead atoms. The van der Waals surface area contributed by atoms with Gasteiger partial charge in [0, 0.05) is 19.2 Å². The molecule has 1 heterocycles. The van der Waals surface area contributed by atoms with Gasteiger partial charge in [0.25, 0.3) is 0 Å². The van der Waals surface area contributed by atoms with Crippen molar-refractivity contribution in [1.29, 1.82) is 0 Å². The summed E-state index contributed by atoms with van der Waals surface area (Å²) in [5, 5.41) is 6.76. The van der Waals surface area contributed by atoms with Gasteiger partial charge >= 0.3 is 0 Å². The lowest BCUT2D eigenvalue weighted by Crippen LogP contribution is -2.58. The zero-order valence-corrected chi connectivity index (χ0v) is 11.9. The Labute approximate surface area is 115 Å². The van der Waals surface area contributed by atoms with Gasteiger partial charge in [0.2, 0.25) is 5.91 Å².